The van der Waals surface area contributed by atoms with E-state index in [1.807, 2.05) is 25.2 Å². The van der Waals surface area contributed by atoms with Crippen molar-refractivity contribution in [2.45, 2.75) is 50.8 Å². The van der Waals surface area contributed by atoms with E-state index < -0.39 is 6.10 Å². The number of nitrogens with zero attached hydrogens (tertiary/aromatic N) is 3. The van der Waals surface area contributed by atoms with Crippen LogP contribution in [-0.4, -0.2) is 101 Å². The zero-order chi connectivity index (χ0) is 37.2. The SMILES string of the molecule is CCN(C)CC(O)COc1c(OC)cc2c3c1Oc1cc4c(cc1OC)CCN(C)[C@H]4Cc1ccc(cc1)Oc1cc(ccc1OC)C[C@@H]3N(C)CC2. The molecule has 4 heterocycles. The Bertz CT molecular complexity index is 1920. The molecule has 8 rings (SSSR count). The molecule has 0 saturated heterocycles. The number of fused-ring (bicyclic) bond motifs is 2. The van der Waals surface area contributed by atoms with Crippen molar-refractivity contribution in [3.63, 3.8) is 0 Å². The van der Waals surface area contributed by atoms with Crippen LogP contribution < -0.4 is 28.4 Å². The summed E-state index contributed by atoms with van der Waals surface area (Å²) in [5.74, 6) is 4.97. The Kier molecular flexibility index (Phi) is 11.0. The van der Waals surface area contributed by atoms with Gasteiger partial charge in [0.25, 0.3) is 0 Å². The van der Waals surface area contributed by atoms with E-state index in [9.17, 15) is 5.11 Å². The predicted octanol–water partition coefficient (Wildman–Crippen LogP) is 6.85. The molecule has 0 aromatic heterocycles. The van der Waals surface area contributed by atoms with Crippen LogP contribution in [0.15, 0.2) is 60.7 Å². The first-order valence-electron chi connectivity index (χ1n) is 18.7. The first-order chi connectivity index (χ1) is 25.7. The van der Waals surface area contributed by atoms with Crippen LogP contribution >= 0.6 is 0 Å². The third-order valence-electron chi connectivity index (χ3n) is 11.1. The summed E-state index contributed by atoms with van der Waals surface area (Å²) in [6, 6.07) is 20.9. The third-order valence-corrected chi connectivity index (χ3v) is 11.1. The summed E-state index contributed by atoms with van der Waals surface area (Å²) in [6.45, 7) is 5.22. The van der Waals surface area contributed by atoms with Gasteiger partial charge >= 0.3 is 0 Å². The molecule has 10 nitrogen and oxygen atoms in total. The van der Waals surface area contributed by atoms with Crippen molar-refractivity contribution in [3.8, 4) is 46.0 Å². The molecular formula is C43H53N3O7. The van der Waals surface area contributed by atoms with E-state index >= 15 is 0 Å². The van der Waals surface area contributed by atoms with Crippen molar-refractivity contribution in [1.82, 2.24) is 14.7 Å². The average molecular weight is 724 g/mol. The van der Waals surface area contributed by atoms with E-state index in [2.05, 4.69) is 78.2 Å². The molecule has 282 valence electrons. The van der Waals surface area contributed by atoms with E-state index in [0.717, 1.165) is 61.3 Å². The van der Waals surface area contributed by atoms with Crippen molar-refractivity contribution < 1.29 is 33.5 Å². The van der Waals surface area contributed by atoms with Gasteiger partial charge in [-0.1, -0.05) is 25.1 Å². The zero-order valence-corrected chi connectivity index (χ0v) is 32.1. The van der Waals surface area contributed by atoms with Crippen molar-refractivity contribution in [2.75, 3.05) is 75.3 Å². The maximum Gasteiger partial charge on any atom is 0.204 e. The number of methoxy groups -OCH3 is 3. The highest BCUT2D eigenvalue weighted by Gasteiger charge is 2.35. The van der Waals surface area contributed by atoms with Crippen molar-refractivity contribution >= 4 is 0 Å². The fraction of sp³-hybridized carbons (Fsp3) is 0.442. The Morgan fingerprint density at radius 3 is 2.13 bits per heavy atom. The normalized spacial score (nSPS) is 19.0. The van der Waals surface area contributed by atoms with Crippen molar-refractivity contribution in [3.05, 3.63) is 94.0 Å². The third kappa shape index (κ3) is 7.64. The van der Waals surface area contributed by atoms with E-state index in [-0.39, 0.29) is 18.7 Å². The van der Waals surface area contributed by atoms with Crippen molar-refractivity contribution in [2.24, 2.45) is 0 Å². The number of aliphatic hydroxyl groups is 1. The number of hydrogen-bond donors (Lipinski definition) is 1. The maximum atomic E-state index is 11.0. The van der Waals surface area contributed by atoms with Gasteiger partial charge in [0.05, 0.1) is 21.3 Å². The van der Waals surface area contributed by atoms with Gasteiger partial charge in [-0.05, 0) is 124 Å². The summed E-state index contributed by atoms with van der Waals surface area (Å²) in [6.07, 6.45) is 2.48. The van der Waals surface area contributed by atoms with Crippen LogP contribution in [0.4, 0.5) is 0 Å². The first-order valence-corrected chi connectivity index (χ1v) is 18.7. The minimum absolute atomic E-state index is 0.0716. The molecule has 4 aromatic carbocycles. The molecule has 0 radical (unpaired) electrons. The van der Waals surface area contributed by atoms with Gasteiger partial charge < -0.3 is 38.4 Å². The molecule has 4 aromatic rings. The highest BCUT2D eigenvalue weighted by atomic mass is 16.6. The number of likely N-dealkylation sites (N-methyl/N-ethyl adjacent to an activating group) is 3. The van der Waals surface area contributed by atoms with Gasteiger partial charge in [-0.2, -0.15) is 0 Å². The molecule has 4 aliphatic heterocycles. The molecule has 4 aliphatic rings. The van der Waals surface area contributed by atoms with Crippen LogP contribution in [0.1, 0.15) is 52.4 Å². The lowest BCUT2D eigenvalue weighted by molar-refractivity contribution is 0.0753. The smallest absolute Gasteiger partial charge is 0.204 e. The molecule has 0 amide bonds. The summed E-state index contributed by atoms with van der Waals surface area (Å²) >= 11 is 0. The number of benzene rings is 4. The van der Waals surface area contributed by atoms with E-state index in [1.54, 1.807) is 21.3 Å². The fourth-order valence-electron chi connectivity index (χ4n) is 7.94. The van der Waals surface area contributed by atoms with Gasteiger partial charge in [0.15, 0.2) is 34.5 Å². The highest BCUT2D eigenvalue weighted by Crippen LogP contribution is 2.52. The lowest BCUT2D eigenvalue weighted by atomic mass is 9.87. The second-order valence-electron chi connectivity index (χ2n) is 14.6. The van der Waals surface area contributed by atoms with Gasteiger partial charge in [-0.25, -0.2) is 0 Å². The minimum Gasteiger partial charge on any atom is -0.493 e. The molecule has 6 bridgehead atoms. The standard InChI is InChI=1S/C43H53N3O7/c1-8-44(2)25-31(47)26-51-42-40(50-7)23-30-16-18-46(4)35-20-28-11-14-36(48-5)38(21-28)52-32-12-9-27(10-13-32)19-34-33-24-39(53-43(42)41(30)35)37(49-6)22-29(33)15-17-45(34)3/h9-14,21-24,31,34-35,47H,8,15-20,25-26H2,1-7H3/t31?,34-,35-/m0/s1. The second kappa shape index (κ2) is 15.9. The van der Waals surface area contributed by atoms with Crippen LogP contribution in [-0.2, 0) is 25.7 Å². The largest absolute Gasteiger partial charge is 0.493 e. The Labute approximate surface area is 313 Å². The van der Waals surface area contributed by atoms with Crippen LogP contribution in [0.25, 0.3) is 0 Å². The summed E-state index contributed by atoms with van der Waals surface area (Å²) in [5, 5.41) is 11.0. The van der Waals surface area contributed by atoms with E-state index in [0.29, 0.717) is 53.2 Å². The van der Waals surface area contributed by atoms with Gasteiger partial charge in [0.2, 0.25) is 5.75 Å². The number of hydrogen-bond acceptors (Lipinski definition) is 10. The van der Waals surface area contributed by atoms with Gasteiger partial charge in [-0.15, -0.1) is 0 Å². The Hall–Kier alpha value is -4.48. The molecule has 1 unspecified atom stereocenters. The van der Waals surface area contributed by atoms with Crippen LogP contribution in [0.5, 0.6) is 46.0 Å². The predicted molar refractivity (Wildman–Crippen MR) is 206 cm³/mol. The topological polar surface area (TPSA) is 85.3 Å². The summed E-state index contributed by atoms with van der Waals surface area (Å²) in [5.41, 5.74) is 6.91. The van der Waals surface area contributed by atoms with Crippen LogP contribution in [0.2, 0.25) is 0 Å². The monoisotopic (exact) mass is 723 g/mol. The second-order valence-corrected chi connectivity index (χ2v) is 14.6. The number of aliphatic hydroxyl groups excluding tert-OH is 1. The van der Waals surface area contributed by atoms with E-state index in [1.165, 1.54) is 16.7 Å². The minimum atomic E-state index is -0.716. The molecule has 1 N–H and O–H groups in total. The fourth-order valence-corrected chi connectivity index (χ4v) is 7.94. The van der Waals surface area contributed by atoms with Gasteiger partial charge in [0, 0.05) is 37.3 Å². The van der Waals surface area contributed by atoms with E-state index in [4.69, 9.17) is 28.4 Å². The summed E-state index contributed by atoms with van der Waals surface area (Å²) < 4.78 is 38.1. The Balaban J connectivity index is 1.44. The maximum absolute atomic E-state index is 11.0. The molecule has 0 aliphatic carbocycles. The Morgan fingerprint density at radius 2 is 1.42 bits per heavy atom. The van der Waals surface area contributed by atoms with Crippen LogP contribution in [0, 0.1) is 0 Å². The van der Waals surface area contributed by atoms with Gasteiger partial charge in [0.1, 0.15) is 18.5 Å². The average Bonchev–Trinajstić information content (AvgIpc) is 3.16. The molecular weight excluding hydrogens is 670 g/mol. The first kappa shape index (κ1) is 36.9. The molecule has 10 heteroatoms. The lowest BCUT2D eigenvalue weighted by Crippen LogP contribution is -2.34. The lowest BCUT2D eigenvalue weighted by Gasteiger charge is -2.37. The summed E-state index contributed by atoms with van der Waals surface area (Å²) in [4.78, 5) is 6.85. The summed E-state index contributed by atoms with van der Waals surface area (Å²) in [7, 11) is 11.3. The number of rotatable bonds is 9. The zero-order valence-electron chi connectivity index (χ0n) is 32.1. The van der Waals surface area contributed by atoms with Crippen LogP contribution in [0.3, 0.4) is 0 Å². The number of ether oxygens (including phenoxy) is 6. The Morgan fingerprint density at radius 1 is 0.774 bits per heavy atom. The molecule has 3 atom stereocenters. The van der Waals surface area contributed by atoms with Gasteiger partial charge in [-0.3, -0.25) is 9.80 Å². The highest BCUT2D eigenvalue weighted by molar-refractivity contribution is 5.64. The molecule has 0 fully saturated rings. The molecule has 0 saturated carbocycles. The molecule has 0 spiro atoms. The van der Waals surface area contributed by atoms with Crippen molar-refractivity contribution in [1.29, 1.82) is 0 Å². The molecule has 53 heavy (non-hydrogen) atoms. The quantitative estimate of drug-likeness (QED) is 0.198.